The van der Waals surface area contributed by atoms with E-state index in [4.69, 9.17) is 0 Å². The normalized spacial score (nSPS) is 12.7. The zero-order valence-corrected chi connectivity index (χ0v) is 15.5. The van der Waals surface area contributed by atoms with Crippen LogP contribution in [0.4, 0.5) is 0 Å². The molecule has 0 aliphatic rings. The molecule has 2 rings (SSSR count). The zero-order chi connectivity index (χ0) is 18.8. The van der Waals surface area contributed by atoms with Gasteiger partial charge in [-0.25, -0.2) is 0 Å². The Hall–Kier alpha value is -2.49. The average Bonchev–Trinajstić information content (AvgIpc) is 2.84. The van der Waals surface area contributed by atoms with E-state index in [-0.39, 0.29) is 18.0 Å². The molecule has 0 saturated carbocycles. The Labute approximate surface area is 148 Å². The predicted molar refractivity (Wildman–Crippen MR) is 98.0 cm³/mol. The molecule has 1 aromatic carbocycles. The molecular weight excluding hydrogens is 314 g/mol. The highest BCUT2D eigenvalue weighted by molar-refractivity contribution is 5.94. The van der Waals surface area contributed by atoms with Crippen LogP contribution < -0.4 is 0 Å². The van der Waals surface area contributed by atoms with Gasteiger partial charge in [0.2, 0.25) is 0 Å². The number of hydrogen-bond acceptors (Lipinski definition) is 3. The minimum Gasteiger partial charge on any atom is -0.355 e. The fourth-order valence-corrected chi connectivity index (χ4v) is 2.96. The molecule has 1 unspecified atom stereocenters. The number of Topliss-reactive ketones (excluding diaryl/α,β-unsaturated/α-hetero) is 2. The molecule has 25 heavy (non-hydrogen) atoms. The van der Waals surface area contributed by atoms with Gasteiger partial charge in [0, 0.05) is 17.5 Å². The Morgan fingerprint density at radius 2 is 1.72 bits per heavy atom. The molecule has 0 radical (unpaired) electrons. The van der Waals surface area contributed by atoms with E-state index in [0.29, 0.717) is 5.69 Å². The molecule has 1 N–H and O–H groups in total. The molecule has 0 amide bonds. The molecule has 0 bridgehead atoms. The quantitative estimate of drug-likeness (QED) is 0.771. The summed E-state index contributed by atoms with van der Waals surface area (Å²) in [6.07, 6.45) is 0.924. The summed E-state index contributed by atoms with van der Waals surface area (Å²) in [5.74, 6) is -0.568. The lowest BCUT2D eigenvalue weighted by atomic mass is 9.78. The lowest BCUT2D eigenvalue weighted by molar-refractivity contribution is -0.131. The number of aromatic amines is 1. The smallest absolute Gasteiger partial charge is 0.166 e. The maximum Gasteiger partial charge on any atom is 0.166 e. The molecule has 0 spiro atoms. The summed E-state index contributed by atoms with van der Waals surface area (Å²) in [6.45, 7) is 8.87. The second kappa shape index (κ2) is 7.18. The summed E-state index contributed by atoms with van der Waals surface area (Å²) < 4.78 is 0. The standard InChI is InChI=1S/C21H25NO3/c1-13-14(2)20(22-17(13)12-23)19(16-9-7-6-8-10-16)18(25)11-21(4,5)15(3)24/h6-10,12,19,22H,11H2,1-5H3. The summed E-state index contributed by atoms with van der Waals surface area (Å²) in [6, 6.07) is 9.47. The number of H-pyrrole nitrogens is 1. The van der Waals surface area contributed by atoms with Gasteiger partial charge in [0.25, 0.3) is 0 Å². The fourth-order valence-electron chi connectivity index (χ4n) is 2.96. The van der Waals surface area contributed by atoms with Crippen molar-refractivity contribution in [2.75, 3.05) is 0 Å². The van der Waals surface area contributed by atoms with Crippen molar-refractivity contribution in [1.82, 2.24) is 4.98 Å². The summed E-state index contributed by atoms with van der Waals surface area (Å²) in [7, 11) is 0. The topological polar surface area (TPSA) is 67.0 Å². The van der Waals surface area contributed by atoms with Gasteiger partial charge >= 0.3 is 0 Å². The van der Waals surface area contributed by atoms with Gasteiger partial charge in [0.15, 0.2) is 6.29 Å². The molecule has 0 saturated heterocycles. The third-order valence-electron chi connectivity index (χ3n) is 5.07. The number of hydrogen-bond donors (Lipinski definition) is 1. The first-order chi connectivity index (χ1) is 11.7. The Balaban J connectivity index is 2.54. The second-order valence-electron chi connectivity index (χ2n) is 7.25. The number of nitrogens with one attached hydrogen (secondary N) is 1. The van der Waals surface area contributed by atoms with Crippen LogP contribution in [-0.4, -0.2) is 22.8 Å². The Morgan fingerprint density at radius 1 is 1.12 bits per heavy atom. The van der Waals surface area contributed by atoms with Crippen molar-refractivity contribution in [2.24, 2.45) is 5.41 Å². The average molecular weight is 339 g/mol. The lowest BCUT2D eigenvalue weighted by Crippen LogP contribution is -2.28. The molecule has 4 nitrogen and oxygen atoms in total. The largest absolute Gasteiger partial charge is 0.355 e. The van der Waals surface area contributed by atoms with Crippen LogP contribution in [0.2, 0.25) is 0 Å². The van der Waals surface area contributed by atoms with Gasteiger partial charge in [0.05, 0.1) is 11.6 Å². The van der Waals surface area contributed by atoms with Gasteiger partial charge in [-0.3, -0.25) is 14.4 Å². The Bertz CT molecular complexity index is 800. The Morgan fingerprint density at radius 3 is 2.20 bits per heavy atom. The van der Waals surface area contributed by atoms with E-state index < -0.39 is 11.3 Å². The van der Waals surface area contributed by atoms with Crippen LogP contribution in [0.5, 0.6) is 0 Å². The molecule has 2 aromatic rings. The van der Waals surface area contributed by atoms with Crippen molar-refractivity contribution in [3.05, 3.63) is 58.4 Å². The Kier molecular flexibility index (Phi) is 5.41. The van der Waals surface area contributed by atoms with Crippen molar-refractivity contribution in [3.63, 3.8) is 0 Å². The number of benzene rings is 1. The van der Waals surface area contributed by atoms with Gasteiger partial charge in [0.1, 0.15) is 11.6 Å². The van der Waals surface area contributed by atoms with Gasteiger partial charge in [-0.05, 0) is 37.5 Å². The van der Waals surface area contributed by atoms with E-state index in [1.807, 2.05) is 44.2 Å². The van der Waals surface area contributed by atoms with Crippen LogP contribution in [-0.2, 0) is 9.59 Å². The van der Waals surface area contributed by atoms with Crippen molar-refractivity contribution >= 4 is 17.9 Å². The van der Waals surface area contributed by atoms with Gasteiger partial charge < -0.3 is 4.98 Å². The number of carbonyl (C=O) groups excluding carboxylic acids is 3. The number of aromatic nitrogens is 1. The number of carbonyl (C=O) groups is 3. The molecule has 0 aliphatic carbocycles. The number of ketones is 2. The van der Waals surface area contributed by atoms with Crippen molar-refractivity contribution < 1.29 is 14.4 Å². The minimum atomic E-state index is -0.715. The van der Waals surface area contributed by atoms with Crippen molar-refractivity contribution in [2.45, 2.75) is 47.0 Å². The maximum absolute atomic E-state index is 13.2. The van der Waals surface area contributed by atoms with Crippen LogP contribution in [0.25, 0.3) is 0 Å². The second-order valence-corrected chi connectivity index (χ2v) is 7.25. The first kappa shape index (κ1) is 18.8. The number of aldehydes is 1. The minimum absolute atomic E-state index is 0.0133. The SMILES string of the molecule is CC(=O)C(C)(C)CC(=O)C(c1ccccc1)c1[nH]c(C=O)c(C)c1C. The lowest BCUT2D eigenvalue weighted by Gasteiger charge is -2.24. The van der Waals surface area contributed by atoms with Crippen LogP contribution in [0.1, 0.15) is 66.0 Å². The molecule has 132 valence electrons. The van der Waals surface area contributed by atoms with E-state index in [9.17, 15) is 14.4 Å². The van der Waals surface area contributed by atoms with Crippen LogP contribution in [0, 0.1) is 19.3 Å². The summed E-state index contributed by atoms with van der Waals surface area (Å²) >= 11 is 0. The van der Waals surface area contributed by atoms with Crippen molar-refractivity contribution in [3.8, 4) is 0 Å². The molecule has 1 atom stereocenters. The van der Waals surface area contributed by atoms with E-state index in [0.717, 1.165) is 28.7 Å². The van der Waals surface area contributed by atoms with Crippen LogP contribution in [0.15, 0.2) is 30.3 Å². The molecule has 1 aromatic heterocycles. The third kappa shape index (κ3) is 3.78. The van der Waals surface area contributed by atoms with Crippen molar-refractivity contribution in [1.29, 1.82) is 0 Å². The van der Waals surface area contributed by atoms with E-state index >= 15 is 0 Å². The monoisotopic (exact) mass is 339 g/mol. The fraction of sp³-hybridized carbons (Fsp3) is 0.381. The van der Waals surface area contributed by atoms with E-state index in [1.165, 1.54) is 6.92 Å². The first-order valence-electron chi connectivity index (χ1n) is 8.42. The summed E-state index contributed by atoms with van der Waals surface area (Å²) in [5, 5.41) is 0. The molecular formula is C21H25NO3. The molecule has 0 aliphatic heterocycles. The van der Waals surface area contributed by atoms with Gasteiger partial charge in [-0.1, -0.05) is 44.2 Å². The van der Waals surface area contributed by atoms with E-state index in [1.54, 1.807) is 13.8 Å². The first-order valence-corrected chi connectivity index (χ1v) is 8.42. The highest BCUT2D eigenvalue weighted by Gasteiger charge is 2.33. The molecule has 0 fully saturated rings. The maximum atomic E-state index is 13.2. The van der Waals surface area contributed by atoms with Gasteiger partial charge in [-0.15, -0.1) is 0 Å². The predicted octanol–water partition coefficient (Wildman–Crippen LogP) is 4.15. The number of rotatable bonds is 7. The third-order valence-corrected chi connectivity index (χ3v) is 5.07. The van der Waals surface area contributed by atoms with Crippen LogP contribution >= 0.6 is 0 Å². The molecule has 1 heterocycles. The highest BCUT2D eigenvalue weighted by Crippen LogP contribution is 2.34. The summed E-state index contributed by atoms with van der Waals surface area (Å²) in [4.78, 5) is 39.4. The summed E-state index contributed by atoms with van der Waals surface area (Å²) in [5.41, 5.74) is 3.12. The van der Waals surface area contributed by atoms with E-state index in [2.05, 4.69) is 4.98 Å². The highest BCUT2D eigenvalue weighted by atomic mass is 16.1. The van der Waals surface area contributed by atoms with Crippen LogP contribution in [0.3, 0.4) is 0 Å². The van der Waals surface area contributed by atoms with Gasteiger partial charge in [-0.2, -0.15) is 0 Å². The molecule has 4 heteroatoms. The zero-order valence-electron chi connectivity index (χ0n) is 15.5.